The minimum atomic E-state index is -0.256. The van der Waals surface area contributed by atoms with Crippen LogP contribution < -0.4 is 11.1 Å². The van der Waals surface area contributed by atoms with Crippen LogP contribution >= 0.6 is 23.2 Å². The first-order valence-electron chi connectivity index (χ1n) is 5.60. The second kappa shape index (κ2) is 5.51. The number of amides is 1. The summed E-state index contributed by atoms with van der Waals surface area (Å²) in [5.74, 6) is -0.256. The third-order valence-corrected chi connectivity index (χ3v) is 3.29. The maximum Gasteiger partial charge on any atom is 0.255 e. The SMILES string of the molecule is Cc1ccc(Cl)cc1NC(=O)c1ccc(Cl)c(N)c1. The second-order valence-electron chi connectivity index (χ2n) is 4.15. The molecular weight excluding hydrogens is 283 g/mol. The quantitative estimate of drug-likeness (QED) is 0.818. The number of nitrogen functional groups attached to an aromatic ring is 1. The molecule has 0 unspecified atom stereocenters. The minimum absolute atomic E-state index is 0.256. The zero-order valence-corrected chi connectivity index (χ0v) is 11.7. The molecule has 5 heteroatoms. The number of halogens is 2. The van der Waals surface area contributed by atoms with Crippen LogP contribution in [0, 0.1) is 6.92 Å². The molecule has 2 aromatic rings. The monoisotopic (exact) mass is 294 g/mol. The Labute approximate surface area is 121 Å². The lowest BCUT2D eigenvalue weighted by atomic mass is 10.1. The molecule has 3 N–H and O–H groups in total. The summed E-state index contributed by atoms with van der Waals surface area (Å²) >= 11 is 11.7. The van der Waals surface area contributed by atoms with Crippen molar-refractivity contribution in [2.75, 3.05) is 11.1 Å². The van der Waals surface area contributed by atoms with Gasteiger partial charge in [-0.1, -0.05) is 29.3 Å². The van der Waals surface area contributed by atoms with Gasteiger partial charge < -0.3 is 11.1 Å². The molecule has 0 aromatic heterocycles. The molecule has 0 fully saturated rings. The summed E-state index contributed by atoms with van der Waals surface area (Å²) in [7, 11) is 0. The number of rotatable bonds is 2. The first-order chi connectivity index (χ1) is 8.97. The van der Waals surface area contributed by atoms with Crippen molar-refractivity contribution in [3.63, 3.8) is 0 Å². The van der Waals surface area contributed by atoms with Gasteiger partial charge in [0.25, 0.3) is 5.91 Å². The Kier molecular flexibility index (Phi) is 3.98. The van der Waals surface area contributed by atoms with Crippen LogP contribution in [0.5, 0.6) is 0 Å². The third kappa shape index (κ3) is 3.19. The van der Waals surface area contributed by atoms with Crippen LogP contribution in [0.15, 0.2) is 36.4 Å². The fourth-order valence-corrected chi connectivity index (χ4v) is 1.90. The van der Waals surface area contributed by atoms with E-state index in [1.54, 1.807) is 24.3 Å². The highest BCUT2D eigenvalue weighted by Gasteiger charge is 2.09. The summed E-state index contributed by atoms with van der Waals surface area (Å²) in [6.45, 7) is 1.89. The molecule has 0 aliphatic rings. The number of carbonyl (C=O) groups is 1. The van der Waals surface area contributed by atoms with Crippen molar-refractivity contribution < 1.29 is 4.79 Å². The van der Waals surface area contributed by atoms with E-state index in [9.17, 15) is 4.79 Å². The number of hydrogen-bond acceptors (Lipinski definition) is 2. The number of nitrogens with one attached hydrogen (secondary N) is 1. The van der Waals surface area contributed by atoms with E-state index in [-0.39, 0.29) is 5.91 Å². The van der Waals surface area contributed by atoms with Crippen LogP contribution in [-0.2, 0) is 0 Å². The Morgan fingerprint density at radius 1 is 1.16 bits per heavy atom. The van der Waals surface area contributed by atoms with Gasteiger partial charge in [0.2, 0.25) is 0 Å². The molecule has 0 aliphatic heterocycles. The maximum absolute atomic E-state index is 12.1. The van der Waals surface area contributed by atoms with Crippen LogP contribution in [0.4, 0.5) is 11.4 Å². The Morgan fingerprint density at radius 3 is 2.58 bits per heavy atom. The molecule has 19 heavy (non-hydrogen) atoms. The zero-order valence-electron chi connectivity index (χ0n) is 10.2. The topological polar surface area (TPSA) is 55.1 Å². The first-order valence-corrected chi connectivity index (χ1v) is 6.35. The number of benzene rings is 2. The smallest absolute Gasteiger partial charge is 0.255 e. The highest BCUT2D eigenvalue weighted by Crippen LogP contribution is 2.23. The molecule has 0 atom stereocenters. The number of nitrogens with two attached hydrogens (primary N) is 1. The number of anilines is 2. The molecule has 98 valence electrons. The molecule has 0 saturated carbocycles. The fourth-order valence-electron chi connectivity index (χ4n) is 1.61. The predicted molar refractivity (Wildman–Crippen MR) is 80.0 cm³/mol. The largest absolute Gasteiger partial charge is 0.398 e. The maximum atomic E-state index is 12.1. The van der Waals surface area contributed by atoms with Crippen molar-refractivity contribution in [3.8, 4) is 0 Å². The predicted octanol–water partition coefficient (Wildman–Crippen LogP) is 4.14. The van der Waals surface area contributed by atoms with Gasteiger partial charge in [-0.3, -0.25) is 4.79 Å². The molecule has 3 nitrogen and oxygen atoms in total. The van der Waals surface area contributed by atoms with E-state index in [1.165, 1.54) is 6.07 Å². The van der Waals surface area contributed by atoms with Gasteiger partial charge in [0.05, 0.1) is 10.7 Å². The Hall–Kier alpha value is -1.71. The van der Waals surface area contributed by atoms with Crippen molar-refractivity contribution in [2.45, 2.75) is 6.92 Å². The van der Waals surface area contributed by atoms with Crippen LogP contribution in [0.25, 0.3) is 0 Å². The highest BCUT2D eigenvalue weighted by atomic mass is 35.5. The fraction of sp³-hybridized carbons (Fsp3) is 0.0714. The zero-order chi connectivity index (χ0) is 14.0. The molecule has 0 saturated heterocycles. The molecule has 2 rings (SSSR count). The molecule has 1 amide bonds. The van der Waals surface area contributed by atoms with E-state index in [4.69, 9.17) is 28.9 Å². The van der Waals surface area contributed by atoms with Crippen LogP contribution in [0.1, 0.15) is 15.9 Å². The van der Waals surface area contributed by atoms with Crippen molar-refractivity contribution in [1.29, 1.82) is 0 Å². The average Bonchev–Trinajstić information content (AvgIpc) is 2.37. The molecule has 0 aliphatic carbocycles. The van der Waals surface area contributed by atoms with E-state index in [0.29, 0.717) is 27.0 Å². The van der Waals surface area contributed by atoms with Crippen LogP contribution in [-0.4, -0.2) is 5.91 Å². The number of aryl methyl sites for hydroxylation is 1. The van der Waals surface area contributed by atoms with E-state index >= 15 is 0 Å². The van der Waals surface area contributed by atoms with Gasteiger partial charge in [-0.2, -0.15) is 0 Å². The third-order valence-electron chi connectivity index (χ3n) is 2.71. The summed E-state index contributed by atoms with van der Waals surface area (Å²) in [5, 5.41) is 3.78. The lowest BCUT2D eigenvalue weighted by Crippen LogP contribution is -2.13. The molecule has 0 spiro atoms. The molecular formula is C14H12Cl2N2O. The molecule has 2 aromatic carbocycles. The summed E-state index contributed by atoms with van der Waals surface area (Å²) in [4.78, 5) is 12.1. The van der Waals surface area contributed by atoms with Gasteiger partial charge in [0.1, 0.15) is 0 Å². The van der Waals surface area contributed by atoms with Crippen molar-refractivity contribution in [1.82, 2.24) is 0 Å². The standard InChI is InChI=1S/C14H12Cl2N2O/c1-8-2-4-10(15)7-13(8)18-14(19)9-3-5-11(16)12(17)6-9/h2-7H,17H2,1H3,(H,18,19). The second-order valence-corrected chi connectivity index (χ2v) is 4.99. The normalized spacial score (nSPS) is 10.3. The summed E-state index contributed by atoms with van der Waals surface area (Å²) < 4.78 is 0. The summed E-state index contributed by atoms with van der Waals surface area (Å²) in [6, 6.07) is 10.1. The number of carbonyl (C=O) groups excluding carboxylic acids is 1. The van der Waals surface area contributed by atoms with Gasteiger partial charge in [-0.05, 0) is 42.8 Å². The van der Waals surface area contributed by atoms with E-state index < -0.39 is 0 Å². The van der Waals surface area contributed by atoms with Gasteiger partial charge in [0.15, 0.2) is 0 Å². The Balaban J connectivity index is 2.25. The lowest BCUT2D eigenvalue weighted by Gasteiger charge is -2.09. The van der Waals surface area contributed by atoms with Gasteiger partial charge >= 0.3 is 0 Å². The van der Waals surface area contributed by atoms with Gasteiger partial charge in [0, 0.05) is 16.3 Å². The molecule has 0 heterocycles. The van der Waals surface area contributed by atoms with Gasteiger partial charge in [-0.25, -0.2) is 0 Å². The minimum Gasteiger partial charge on any atom is -0.398 e. The van der Waals surface area contributed by atoms with Crippen molar-refractivity contribution >= 4 is 40.5 Å². The Bertz CT molecular complexity index is 641. The highest BCUT2D eigenvalue weighted by molar-refractivity contribution is 6.33. The van der Waals surface area contributed by atoms with Crippen molar-refractivity contribution in [2.24, 2.45) is 0 Å². The van der Waals surface area contributed by atoms with Crippen LogP contribution in [0.2, 0.25) is 10.0 Å². The Morgan fingerprint density at radius 2 is 1.89 bits per heavy atom. The average molecular weight is 295 g/mol. The van der Waals surface area contributed by atoms with E-state index in [0.717, 1.165) is 5.56 Å². The van der Waals surface area contributed by atoms with E-state index in [2.05, 4.69) is 5.32 Å². The molecule has 0 radical (unpaired) electrons. The van der Waals surface area contributed by atoms with Crippen LogP contribution in [0.3, 0.4) is 0 Å². The summed E-state index contributed by atoms with van der Waals surface area (Å²) in [6.07, 6.45) is 0. The summed E-state index contributed by atoms with van der Waals surface area (Å²) in [5.41, 5.74) is 8.09. The van der Waals surface area contributed by atoms with Crippen molar-refractivity contribution in [3.05, 3.63) is 57.6 Å². The first kappa shape index (κ1) is 13.7. The van der Waals surface area contributed by atoms with Gasteiger partial charge in [-0.15, -0.1) is 0 Å². The lowest BCUT2D eigenvalue weighted by molar-refractivity contribution is 0.102. The number of hydrogen-bond donors (Lipinski definition) is 2. The molecule has 0 bridgehead atoms. The van der Waals surface area contributed by atoms with E-state index in [1.807, 2.05) is 13.0 Å².